The maximum atomic E-state index is 12.3. The van der Waals surface area contributed by atoms with Crippen LogP contribution in [-0.2, 0) is 19.6 Å². The lowest BCUT2D eigenvalue weighted by molar-refractivity contribution is -0.121. The molecule has 0 unspecified atom stereocenters. The minimum Gasteiger partial charge on any atom is -0.452 e. The average molecular weight is 402 g/mol. The van der Waals surface area contributed by atoms with Gasteiger partial charge < -0.3 is 9.64 Å². The predicted octanol–water partition coefficient (Wildman–Crippen LogP) is 2.36. The average Bonchev–Trinajstić information content (AvgIpc) is 2.72. The molecule has 0 aliphatic rings. The molecule has 1 N–H and O–H groups in total. The molecule has 0 bridgehead atoms. The molecule has 0 aliphatic carbocycles. The molecule has 28 heavy (non-hydrogen) atoms. The number of carbonyl (C=O) groups excluding carboxylic acids is 2. The lowest BCUT2D eigenvalue weighted by atomic mass is 10.2. The molecule has 1 amide bonds. The van der Waals surface area contributed by atoms with Crippen molar-refractivity contribution in [3.63, 3.8) is 0 Å². The Hall–Kier alpha value is -2.97. The van der Waals surface area contributed by atoms with Crippen molar-refractivity contribution in [3.05, 3.63) is 72.8 Å². The fraction of sp³-hybridized carbons (Fsp3) is 0.200. The van der Waals surface area contributed by atoms with Crippen molar-refractivity contribution in [2.24, 2.45) is 0 Å². The summed E-state index contributed by atoms with van der Waals surface area (Å²) in [6.07, 6.45) is 1.43. The van der Waals surface area contributed by atoms with E-state index in [9.17, 15) is 18.0 Å². The van der Waals surface area contributed by atoms with Crippen LogP contribution in [0.3, 0.4) is 0 Å². The number of nitrogens with one attached hydrogen (secondary N) is 1. The van der Waals surface area contributed by atoms with Gasteiger partial charge in [-0.2, -0.15) is 0 Å². The van der Waals surface area contributed by atoms with Crippen LogP contribution in [0.25, 0.3) is 0 Å². The second-order valence-electron chi connectivity index (χ2n) is 5.71. The van der Waals surface area contributed by atoms with Crippen LogP contribution < -0.4 is 9.62 Å². The highest BCUT2D eigenvalue weighted by Crippen LogP contribution is 2.14. The van der Waals surface area contributed by atoms with Crippen LogP contribution in [0.4, 0.5) is 5.69 Å². The number of sulfonamides is 1. The number of nitrogens with zero attached hydrogens (tertiary/aromatic N) is 1. The zero-order valence-corrected chi connectivity index (χ0v) is 16.3. The highest BCUT2D eigenvalue weighted by Gasteiger charge is 2.18. The minimum atomic E-state index is -3.67. The molecule has 0 saturated carbocycles. The summed E-state index contributed by atoms with van der Waals surface area (Å²) in [7, 11) is -3.67. The van der Waals surface area contributed by atoms with Crippen LogP contribution in [0.2, 0.25) is 0 Å². The van der Waals surface area contributed by atoms with Crippen molar-refractivity contribution >= 4 is 27.6 Å². The molecular weight excluding hydrogens is 380 g/mol. The summed E-state index contributed by atoms with van der Waals surface area (Å²) in [5, 5.41) is 0. The molecule has 0 fully saturated rings. The number of anilines is 1. The van der Waals surface area contributed by atoms with Gasteiger partial charge in [0.25, 0.3) is 5.91 Å². The SMILES string of the molecule is C=CCNS(=O)(=O)c1ccc(C(=O)OCC(=O)N(CC)c2ccccc2)cc1. The number of ether oxygens (including phenoxy) is 1. The van der Waals surface area contributed by atoms with Gasteiger partial charge in [0.15, 0.2) is 6.61 Å². The third-order valence-electron chi connectivity index (χ3n) is 3.83. The van der Waals surface area contributed by atoms with Gasteiger partial charge in [0, 0.05) is 18.8 Å². The van der Waals surface area contributed by atoms with Gasteiger partial charge in [-0.15, -0.1) is 6.58 Å². The van der Waals surface area contributed by atoms with Crippen LogP contribution in [0.1, 0.15) is 17.3 Å². The molecular formula is C20H22N2O5S. The third-order valence-corrected chi connectivity index (χ3v) is 5.27. The maximum Gasteiger partial charge on any atom is 0.338 e. The number of esters is 1. The van der Waals surface area contributed by atoms with E-state index < -0.39 is 22.6 Å². The molecule has 7 nitrogen and oxygen atoms in total. The largest absolute Gasteiger partial charge is 0.452 e. The molecule has 0 aliphatic heterocycles. The van der Waals surface area contributed by atoms with Crippen molar-refractivity contribution in [2.75, 3.05) is 24.6 Å². The first kappa shape index (κ1) is 21.3. The molecule has 2 rings (SSSR count). The summed E-state index contributed by atoms with van der Waals surface area (Å²) in [5.74, 6) is -1.06. The van der Waals surface area contributed by atoms with Crippen LogP contribution >= 0.6 is 0 Å². The van der Waals surface area contributed by atoms with E-state index in [1.165, 1.54) is 35.2 Å². The van der Waals surface area contributed by atoms with E-state index in [4.69, 9.17) is 4.74 Å². The Balaban J connectivity index is 1.99. The summed E-state index contributed by atoms with van der Waals surface area (Å²) in [6.45, 7) is 5.40. The van der Waals surface area contributed by atoms with Crippen molar-refractivity contribution in [3.8, 4) is 0 Å². The first-order valence-corrected chi connectivity index (χ1v) is 10.1. The Bertz CT molecular complexity index is 925. The van der Waals surface area contributed by atoms with Gasteiger partial charge in [0.2, 0.25) is 10.0 Å². The quantitative estimate of drug-likeness (QED) is 0.513. The van der Waals surface area contributed by atoms with Crippen LogP contribution in [0.15, 0.2) is 72.1 Å². The van der Waals surface area contributed by atoms with Gasteiger partial charge in [-0.05, 0) is 43.3 Å². The number of amides is 1. The zero-order valence-electron chi connectivity index (χ0n) is 15.5. The maximum absolute atomic E-state index is 12.3. The van der Waals surface area contributed by atoms with Crippen LogP contribution in [-0.4, -0.2) is 40.0 Å². The molecule has 8 heteroatoms. The molecule has 0 radical (unpaired) electrons. The second-order valence-corrected chi connectivity index (χ2v) is 7.48. The molecule has 0 aromatic heterocycles. The molecule has 0 atom stereocenters. The Kier molecular flexibility index (Phi) is 7.48. The summed E-state index contributed by atoms with van der Waals surface area (Å²) < 4.78 is 31.4. The standard InChI is InChI=1S/C20H22N2O5S/c1-3-14-21-28(25,26)18-12-10-16(11-13-18)20(24)27-15-19(23)22(4-2)17-8-6-5-7-9-17/h3,5-13,21H,1,4,14-15H2,2H3. The monoisotopic (exact) mass is 402 g/mol. The van der Waals surface area contributed by atoms with E-state index in [1.807, 2.05) is 25.1 Å². The van der Waals surface area contributed by atoms with Gasteiger partial charge in [-0.25, -0.2) is 17.9 Å². The van der Waals surface area contributed by atoms with E-state index in [1.54, 1.807) is 12.1 Å². The number of hydrogen-bond acceptors (Lipinski definition) is 5. The van der Waals surface area contributed by atoms with Gasteiger partial charge >= 0.3 is 5.97 Å². The lowest BCUT2D eigenvalue weighted by Gasteiger charge is -2.20. The summed E-state index contributed by atoms with van der Waals surface area (Å²) >= 11 is 0. The number of benzene rings is 2. The van der Waals surface area contributed by atoms with Crippen molar-refractivity contribution < 1.29 is 22.7 Å². The number of carbonyl (C=O) groups is 2. The Morgan fingerprint density at radius 2 is 1.75 bits per heavy atom. The van der Waals surface area contributed by atoms with Crippen molar-refractivity contribution in [2.45, 2.75) is 11.8 Å². The number of rotatable bonds is 9. The Morgan fingerprint density at radius 3 is 2.32 bits per heavy atom. The Labute approximate surface area is 164 Å². The Morgan fingerprint density at radius 1 is 1.11 bits per heavy atom. The van der Waals surface area contributed by atoms with Gasteiger partial charge in [-0.1, -0.05) is 24.3 Å². The first-order chi connectivity index (χ1) is 13.4. The summed E-state index contributed by atoms with van der Waals surface area (Å²) in [6, 6.07) is 14.3. The van der Waals surface area contributed by atoms with Crippen molar-refractivity contribution in [1.82, 2.24) is 4.72 Å². The van der Waals surface area contributed by atoms with E-state index in [0.717, 1.165) is 0 Å². The lowest BCUT2D eigenvalue weighted by Crippen LogP contribution is -2.34. The van der Waals surface area contributed by atoms with Gasteiger partial charge in [0.1, 0.15) is 0 Å². The van der Waals surface area contributed by atoms with E-state index in [-0.39, 0.29) is 22.9 Å². The third kappa shape index (κ3) is 5.51. The second kappa shape index (κ2) is 9.82. The molecule has 0 heterocycles. The molecule has 0 saturated heterocycles. The molecule has 2 aromatic rings. The highest BCUT2D eigenvalue weighted by molar-refractivity contribution is 7.89. The minimum absolute atomic E-state index is 0.0169. The highest BCUT2D eigenvalue weighted by atomic mass is 32.2. The zero-order chi connectivity index (χ0) is 20.6. The van der Waals surface area contributed by atoms with Crippen molar-refractivity contribution in [1.29, 1.82) is 0 Å². The molecule has 0 spiro atoms. The molecule has 148 valence electrons. The van der Waals surface area contributed by atoms with Crippen LogP contribution in [0, 0.1) is 0 Å². The first-order valence-electron chi connectivity index (χ1n) is 8.62. The summed E-state index contributed by atoms with van der Waals surface area (Å²) in [5.41, 5.74) is 0.867. The van der Waals surface area contributed by atoms with Crippen LogP contribution in [0.5, 0.6) is 0 Å². The number of hydrogen-bond donors (Lipinski definition) is 1. The van der Waals surface area contributed by atoms with Gasteiger partial charge in [-0.3, -0.25) is 4.79 Å². The van der Waals surface area contributed by atoms with E-state index in [2.05, 4.69) is 11.3 Å². The fourth-order valence-corrected chi connectivity index (χ4v) is 3.42. The summed E-state index contributed by atoms with van der Waals surface area (Å²) in [4.78, 5) is 26.0. The molecule has 2 aromatic carbocycles. The van der Waals surface area contributed by atoms with E-state index >= 15 is 0 Å². The number of likely N-dealkylation sites (N-methyl/N-ethyl adjacent to an activating group) is 1. The van der Waals surface area contributed by atoms with Gasteiger partial charge in [0.05, 0.1) is 10.5 Å². The van der Waals surface area contributed by atoms with E-state index in [0.29, 0.717) is 12.2 Å². The topological polar surface area (TPSA) is 92.8 Å². The fourth-order valence-electron chi connectivity index (χ4n) is 2.42. The normalized spacial score (nSPS) is 10.9. The number of para-hydroxylation sites is 1. The predicted molar refractivity (Wildman–Crippen MR) is 107 cm³/mol. The smallest absolute Gasteiger partial charge is 0.338 e.